The Morgan fingerprint density at radius 3 is 2.61 bits per heavy atom. The molecule has 6 heteroatoms. The minimum absolute atomic E-state index is 0.0784. The highest BCUT2D eigenvalue weighted by atomic mass is 32.2. The van der Waals surface area contributed by atoms with Crippen LogP contribution in [0.2, 0.25) is 0 Å². The zero-order valence-electron chi connectivity index (χ0n) is 13.8. The first kappa shape index (κ1) is 17.8. The maximum atomic E-state index is 12.9. The number of benzene rings is 1. The molecule has 126 valence electrons. The fraction of sp³-hybridized carbons (Fsp3) is 0.529. The fourth-order valence-electron chi connectivity index (χ4n) is 2.72. The lowest BCUT2D eigenvalue weighted by Crippen LogP contribution is -2.38. The van der Waals surface area contributed by atoms with Crippen LogP contribution in [0.4, 0.5) is 0 Å². The van der Waals surface area contributed by atoms with Gasteiger partial charge in [-0.15, -0.1) is 11.8 Å². The molecule has 2 amide bonds. The number of primary amides is 1. The molecule has 0 unspecified atom stereocenters. The Bertz CT molecular complexity index is 563. The molecule has 23 heavy (non-hydrogen) atoms. The van der Waals surface area contributed by atoms with Crippen LogP contribution < -0.4 is 5.73 Å². The standard InChI is InChI=1S/C17H25N3O2S/c1-13(2)23-15-7-4-3-6-14(15)17(22)20-9-5-8-19(10-11-20)12-16(18)21/h3-4,6-7,13H,5,8-12H2,1-2H3,(H2,18,21). The topological polar surface area (TPSA) is 66.6 Å². The summed E-state index contributed by atoms with van der Waals surface area (Å²) in [5.41, 5.74) is 6.03. The molecule has 5 nitrogen and oxygen atoms in total. The number of rotatable bonds is 5. The zero-order valence-corrected chi connectivity index (χ0v) is 14.6. The Hall–Kier alpha value is -1.53. The molecule has 0 aromatic heterocycles. The van der Waals surface area contributed by atoms with E-state index in [1.165, 1.54) is 0 Å². The van der Waals surface area contributed by atoms with Crippen molar-refractivity contribution < 1.29 is 9.59 Å². The number of amides is 2. The van der Waals surface area contributed by atoms with Crippen LogP contribution in [-0.4, -0.2) is 59.6 Å². The number of nitrogens with zero attached hydrogens (tertiary/aromatic N) is 2. The highest BCUT2D eigenvalue weighted by Crippen LogP contribution is 2.27. The molecular weight excluding hydrogens is 310 g/mol. The van der Waals surface area contributed by atoms with Gasteiger partial charge in [0.1, 0.15) is 0 Å². The molecule has 0 aliphatic carbocycles. The predicted molar refractivity (Wildman–Crippen MR) is 93.6 cm³/mol. The average molecular weight is 335 g/mol. The first-order chi connectivity index (χ1) is 11.0. The summed E-state index contributed by atoms with van der Waals surface area (Å²) >= 11 is 1.71. The lowest BCUT2D eigenvalue weighted by molar-refractivity contribution is -0.119. The molecule has 1 aromatic carbocycles. The van der Waals surface area contributed by atoms with Gasteiger partial charge >= 0.3 is 0 Å². The Labute approximate surface area is 142 Å². The van der Waals surface area contributed by atoms with Crippen LogP contribution in [0.5, 0.6) is 0 Å². The van der Waals surface area contributed by atoms with E-state index in [4.69, 9.17) is 5.73 Å². The monoisotopic (exact) mass is 335 g/mol. The van der Waals surface area contributed by atoms with E-state index in [9.17, 15) is 9.59 Å². The largest absolute Gasteiger partial charge is 0.369 e. The molecule has 0 radical (unpaired) electrons. The van der Waals surface area contributed by atoms with Gasteiger partial charge in [0.25, 0.3) is 5.91 Å². The van der Waals surface area contributed by atoms with Crippen molar-refractivity contribution in [3.8, 4) is 0 Å². The molecule has 2 rings (SSSR count). The quantitative estimate of drug-likeness (QED) is 0.834. The van der Waals surface area contributed by atoms with Crippen LogP contribution in [0.1, 0.15) is 30.6 Å². The maximum Gasteiger partial charge on any atom is 0.255 e. The number of carbonyl (C=O) groups excluding carboxylic acids is 2. The second-order valence-electron chi connectivity index (χ2n) is 6.05. The van der Waals surface area contributed by atoms with Crippen molar-refractivity contribution in [2.24, 2.45) is 5.73 Å². The van der Waals surface area contributed by atoms with E-state index in [1.54, 1.807) is 11.8 Å². The number of hydrogen-bond acceptors (Lipinski definition) is 4. The molecule has 1 aliphatic rings. The van der Waals surface area contributed by atoms with E-state index >= 15 is 0 Å². The van der Waals surface area contributed by atoms with Crippen LogP contribution in [0, 0.1) is 0 Å². The van der Waals surface area contributed by atoms with Gasteiger partial charge in [-0.2, -0.15) is 0 Å². The van der Waals surface area contributed by atoms with Gasteiger partial charge < -0.3 is 10.6 Å². The molecule has 0 atom stereocenters. The number of hydrogen-bond donors (Lipinski definition) is 1. The normalized spacial score (nSPS) is 16.4. The van der Waals surface area contributed by atoms with Crippen molar-refractivity contribution in [2.75, 3.05) is 32.7 Å². The predicted octanol–water partition coefficient (Wildman–Crippen LogP) is 1.82. The minimum Gasteiger partial charge on any atom is -0.369 e. The molecule has 1 heterocycles. The molecule has 1 fully saturated rings. The summed E-state index contributed by atoms with van der Waals surface area (Å²) in [6, 6.07) is 7.79. The maximum absolute atomic E-state index is 12.9. The molecule has 0 spiro atoms. The Kier molecular flexibility index (Phi) is 6.47. The zero-order chi connectivity index (χ0) is 16.8. The minimum atomic E-state index is -0.316. The summed E-state index contributed by atoms with van der Waals surface area (Å²) in [7, 11) is 0. The van der Waals surface area contributed by atoms with Crippen LogP contribution in [0.25, 0.3) is 0 Å². The number of nitrogens with two attached hydrogens (primary N) is 1. The first-order valence-electron chi connectivity index (χ1n) is 8.03. The second kappa shape index (κ2) is 8.36. The van der Waals surface area contributed by atoms with Gasteiger partial charge in [0.15, 0.2) is 0 Å². The van der Waals surface area contributed by atoms with Gasteiger partial charge in [0.2, 0.25) is 5.91 Å². The van der Waals surface area contributed by atoms with Gasteiger partial charge in [-0.1, -0.05) is 26.0 Å². The van der Waals surface area contributed by atoms with Crippen molar-refractivity contribution in [1.82, 2.24) is 9.80 Å². The summed E-state index contributed by atoms with van der Waals surface area (Å²) < 4.78 is 0. The van der Waals surface area contributed by atoms with Crippen LogP contribution >= 0.6 is 11.8 Å². The molecule has 0 saturated carbocycles. The van der Waals surface area contributed by atoms with E-state index in [2.05, 4.69) is 13.8 Å². The van der Waals surface area contributed by atoms with Crippen molar-refractivity contribution in [3.05, 3.63) is 29.8 Å². The highest BCUT2D eigenvalue weighted by molar-refractivity contribution is 8.00. The highest BCUT2D eigenvalue weighted by Gasteiger charge is 2.22. The molecule has 1 aromatic rings. The summed E-state index contributed by atoms with van der Waals surface area (Å²) in [5, 5.41) is 0.430. The Morgan fingerprint density at radius 2 is 1.91 bits per heavy atom. The van der Waals surface area contributed by atoms with Gasteiger partial charge in [-0.05, 0) is 18.6 Å². The summed E-state index contributed by atoms with van der Waals surface area (Å²) in [6.07, 6.45) is 0.860. The molecule has 0 bridgehead atoms. The number of carbonyl (C=O) groups is 2. The van der Waals surface area contributed by atoms with Crippen molar-refractivity contribution >= 4 is 23.6 Å². The third kappa shape index (κ3) is 5.25. The lowest BCUT2D eigenvalue weighted by atomic mass is 10.2. The van der Waals surface area contributed by atoms with Gasteiger partial charge in [-0.3, -0.25) is 14.5 Å². The SMILES string of the molecule is CC(C)Sc1ccccc1C(=O)N1CCCN(CC(N)=O)CC1. The van der Waals surface area contributed by atoms with E-state index in [-0.39, 0.29) is 18.4 Å². The second-order valence-corrected chi connectivity index (χ2v) is 7.67. The third-order valence-electron chi connectivity index (χ3n) is 3.74. The molecule has 1 aliphatic heterocycles. The number of thioether (sulfide) groups is 1. The van der Waals surface area contributed by atoms with Crippen LogP contribution in [0.15, 0.2) is 29.2 Å². The van der Waals surface area contributed by atoms with E-state index in [0.29, 0.717) is 18.3 Å². The third-order valence-corrected chi connectivity index (χ3v) is 4.82. The summed E-state index contributed by atoms with van der Waals surface area (Å²) in [5.74, 6) is -0.238. The van der Waals surface area contributed by atoms with Crippen molar-refractivity contribution in [1.29, 1.82) is 0 Å². The van der Waals surface area contributed by atoms with Crippen LogP contribution in [0.3, 0.4) is 0 Å². The van der Waals surface area contributed by atoms with Crippen molar-refractivity contribution in [2.45, 2.75) is 30.4 Å². The van der Waals surface area contributed by atoms with Crippen molar-refractivity contribution in [3.63, 3.8) is 0 Å². The fourth-order valence-corrected chi connectivity index (χ4v) is 3.67. The Balaban J connectivity index is 2.07. The smallest absolute Gasteiger partial charge is 0.255 e. The van der Waals surface area contributed by atoms with Gasteiger partial charge in [-0.25, -0.2) is 0 Å². The lowest BCUT2D eigenvalue weighted by Gasteiger charge is -2.22. The van der Waals surface area contributed by atoms with E-state index in [1.807, 2.05) is 34.1 Å². The van der Waals surface area contributed by atoms with Gasteiger partial charge in [0, 0.05) is 36.3 Å². The van der Waals surface area contributed by atoms with E-state index in [0.717, 1.165) is 30.0 Å². The Morgan fingerprint density at radius 1 is 1.17 bits per heavy atom. The molecular formula is C17H25N3O2S. The average Bonchev–Trinajstić information content (AvgIpc) is 2.71. The molecule has 1 saturated heterocycles. The summed E-state index contributed by atoms with van der Waals surface area (Å²) in [4.78, 5) is 28.9. The summed E-state index contributed by atoms with van der Waals surface area (Å²) in [6.45, 7) is 7.35. The first-order valence-corrected chi connectivity index (χ1v) is 8.91. The van der Waals surface area contributed by atoms with Crippen LogP contribution in [-0.2, 0) is 4.79 Å². The van der Waals surface area contributed by atoms with E-state index < -0.39 is 0 Å². The van der Waals surface area contributed by atoms with Gasteiger partial charge in [0.05, 0.1) is 12.1 Å². The molecule has 2 N–H and O–H groups in total.